The van der Waals surface area contributed by atoms with E-state index in [1.807, 2.05) is 18.3 Å². The van der Waals surface area contributed by atoms with Gasteiger partial charge >= 0.3 is 0 Å². The SMILES string of the molecule is CCC(CO)c1c[nH]c2ccccc12. The Morgan fingerprint density at radius 3 is 2.86 bits per heavy atom. The molecule has 0 radical (unpaired) electrons. The minimum atomic E-state index is 0.221. The number of aliphatic hydroxyl groups excluding tert-OH is 1. The lowest BCUT2D eigenvalue weighted by atomic mass is 9.97. The third-order valence-electron chi connectivity index (χ3n) is 2.77. The quantitative estimate of drug-likeness (QED) is 0.765. The lowest BCUT2D eigenvalue weighted by Crippen LogP contribution is -2.01. The van der Waals surface area contributed by atoms with Gasteiger partial charge in [-0.25, -0.2) is 0 Å². The van der Waals surface area contributed by atoms with Gasteiger partial charge in [-0.05, 0) is 18.1 Å². The number of hydrogen-bond acceptors (Lipinski definition) is 1. The van der Waals surface area contributed by atoms with E-state index < -0.39 is 0 Å². The lowest BCUT2D eigenvalue weighted by molar-refractivity contribution is 0.263. The smallest absolute Gasteiger partial charge is 0.0500 e. The van der Waals surface area contributed by atoms with Crippen LogP contribution in [0, 0.1) is 0 Å². The highest BCUT2D eigenvalue weighted by Crippen LogP contribution is 2.26. The second kappa shape index (κ2) is 3.84. The molecule has 2 N–H and O–H groups in total. The van der Waals surface area contributed by atoms with Crippen LogP contribution in [-0.2, 0) is 0 Å². The Morgan fingerprint density at radius 1 is 1.36 bits per heavy atom. The van der Waals surface area contributed by atoms with Crippen molar-refractivity contribution in [3.8, 4) is 0 Å². The number of benzene rings is 1. The predicted molar refractivity (Wildman–Crippen MR) is 58.4 cm³/mol. The first-order valence-corrected chi connectivity index (χ1v) is 5.03. The maximum absolute atomic E-state index is 9.24. The van der Waals surface area contributed by atoms with E-state index in [1.165, 1.54) is 10.9 Å². The van der Waals surface area contributed by atoms with Gasteiger partial charge in [-0.1, -0.05) is 25.1 Å². The monoisotopic (exact) mass is 189 g/mol. The minimum Gasteiger partial charge on any atom is -0.396 e. The van der Waals surface area contributed by atoms with Gasteiger partial charge in [0.05, 0.1) is 0 Å². The predicted octanol–water partition coefficient (Wildman–Crippen LogP) is 2.65. The van der Waals surface area contributed by atoms with Crippen LogP contribution in [0.5, 0.6) is 0 Å². The van der Waals surface area contributed by atoms with Gasteiger partial charge < -0.3 is 10.1 Å². The first-order valence-electron chi connectivity index (χ1n) is 5.03. The molecule has 1 heterocycles. The Morgan fingerprint density at radius 2 is 2.14 bits per heavy atom. The molecular weight excluding hydrogens is 174 g/mol. The maximum atomic E-state index is 9.24. The van der Waals surface area contributed by atoms with Crippen LogP contribution < -0.4 is 0 Å². The van der Waals surface area contributed by atoms with Crippen LogP contribution in [0.4, 0.5) is 0 Å². The molecule has 2 heteroatoms. The molecule has 0 fully saturated rings. The van der Waals surface area contributed by atoms with Gasteiger partial charge in [0.25, 0.3) is 0 Å². The van der Waals surface area contributed by atoms with Gasteiger partial charge in [0.15, 0.2) is 0 Å². The summed E-state index contributed by atoms with van der Waals surface area (Å²) < 4.78 is 0. The summed E-state index contributed by atoms with van der Waals surface area (Å²) in [5.74, 6) is 0.256. The summed E-state index contributed by atoms with van der Waals surface area (Å²) in [7, 11) is 0. The minimum absolute atomic E-state index is 0.221. The van der Waals surface area contributed by atoms with Crippen molar-refractivity contribution in [2.75, 3.05) is 6.61 Å². The van der Waals surface area contributed by atoms with Gasteiger partial charge in [0.2, 0.25) is 0 Å². The van der Waals surface area contributed by atoms with Crippen molar-refractivity contribution < 1.29 is 5.11 Å². The second-order valence-corrected chi connectivity index (χ2v) is 3.58. The molecule has 0 saturated carbocycles. The number of aliphatic hydroxyl groups is 1. The van der Waals surface area contributed by atoms with Gasteiger partial charge in [0.1, 0.15) is 0 Å². The standard InChI is InChI=1S/C12H15NO/c1-2-9(8-14)11-7-13-12-6-4-3-5-10(11)12/h3-7,9,13-14H,2,8H2,1H3. The van der Waals surface area contributed by atoms with Crippen molar-refractivity contribution in [3.05, 3.63) is 36.0 Å². The van der Waals surface area contributed by atoms with Crippen LogP contribution in [0.1, 0.15) is 24.8 Å². The fraction of sp³-hybridized carbons (Fsp3) is 0.333. The largest absolute Gasteiger partial charge is 0.396 e. The molecule has 0 amide bonds. The highest BCUT2D eigenvalue weighted by Gasteiger charge is 2.12. The molecule has 1 unspecified atom stereocenters. The molecule has 0 aliphatic carbocycles. The van der Waals surface area contributed by atoms with Crippen LogP contribution in [0.2, 0.25) is 0 Å². The molecule has 0 aliphatic rings. The van der Waals surface area contributed by atoms with Crippen molar-refractivity contribution >= 4 is 10.9 Å². The van der Waals surface area contributed by atoms with E-state index in [1.54, 1.807) is 0 Å². The Bertz CT molecular complexity index is 415. The van der Waals surface area contributed by atoms with Crippen molar-refractivity contribution in [1.29, 1.82) is 0 Å². The molecule has 0 aliphatic heterocycles. The zero-order valence-corrected chi connectivity index (χ0v) is 8.33. The van der Waals surface area contributed by atoms with Crippen LogP contribution in [0.3, 0.4) is 0 Å². The number of fused-ring (bicyclic) bond motifs is 1. The Balaban J connectivity index is 2.51. The molecule has 0 saturated heterocycles. The molecule has 2 rings (SSSR count). The van der Waals surface area contributed by atoms with E-state index in [4.69, 9.17) is 0 Å². The summed E-state index contributed by atoms with van der Waals surface area (Å²) >= 11 is 0. The molecule has 1 aromatic heterocycles. The summed E-state index contributed by atoms with van der Waals surface area (Å²) in [5.41, 5.74) is 2.38. The van der Waals surface area contributed by atoms with E-state index in [2.05, 4.69) is 24.0 Å². The van der Waals surface area contributed by atoms with E-state index in [0.29, 0.717) is 0 Å². The van der Waals surface area contributed by atoms with E-state index >= 15 is 0 Å². The lowest BCUT2D eigenvalue weighted by Gasteiger charge is -2.09. The zero-order valence-electron chi connectivity index (χ0n) is 8.33. The van der Waals surface area contributed by atoms with Gasteiger partial charge in [-0.15, -0.1) is 0 Å². The molecule has 2 aromatic rings. The number of rotatable bonds is 3. The topological polar surface area (TPSA) is 36.0 Å². The first-order chi connectivity index (χ1) is 6.86. The summed E-state index contributed by atoms with van der Waals surface area (Å²) in [5, 5.41) is 10.5. The van der Waals surface area contributed by atoms with Crippen LogP contribution >= 0.6 is 0 Å². The van der Waals surface area contributed by atoms with Crippen LogP contribution in [-0.4, -0.2) is 16.7 Å². The van der Waals surface area contributed by atoms with Gasteiger partial charge in [-0.2, -0.15) is 0 Å². The average Bonchev–Trinajstić information content (AvgIpc) is 2.65. The average molecular weight is 189 g/mol. The number of nitrogens with one attached hydrogen (secondary N) is 1. The summed E-state index contributed by atoms with van der Waals surface area (Å²) in [6.45, 7) is 2.32. The zero-order chi connectivity index (χ0) is 9.97. The van der Waals surface area contributed by atoms with Crippen molar-refractivity contribution in [1.82, 2.24) is 4.98 Å². The third-order valence-corrected chi connectivity index (χ3v) is 2.77. The normalized spacial score (nSPS) is 13.3. The number of para-hydroxylation sites is 1. The second-order valence-electron chi connectivity index (χ2n) is 3.58. The van der Waals surface area contributed by atoms with E-state index in [0.717, 1.165) is 11.9 Å². The van der Waals surface area contributed by atoms with Gasteiger partial charge in [-0.3, -0.25) is 0 Å². The molecule has 74 valence electrons. The molecule has 0 spiro atoms. The first kappa shape index (κ1) is 9.28. The number of aromatic nitrogens is 1. The number of hydrogen-bond donors (Lipinski definition) is 2. The highest BCUT2D eigenvalue weighted by atomic mass is 16.3. The molecule has 0 bridgehead atoms. The van der Waals surface area contributed by atoms with Crippen molar-refractivity contribution in [2.45, 2.75) is 19.3 Å². The molecule has 1 atom stereocenters. The molecule has 2 nitrogen and oxygen atoms in total. The van der Waals surface area contributed by atoms with Crippen LogP contribution in [0.15, 0.2) is 30.5 Å². The summed E-state index contributed by atoms with van der Waals surface area (Å²) in [6, 6.07) is 8.20. The number of H-pyrrole nitrogens is 1. The van der Waals surface area contributed by atoms with Crippen LogP contribution in [0.25, 0.3) is 10.9 Å². The summed E-state index contributed by atoms with van der Waals surface area (Å²) in [6.07, 6.45) is 2.98. The molecule has 1 aromatic carbocycles. The van der Waals surface area contributed by atoms with Crippen molar-refractivity contribution in [2.24, 2.45) is 0 Å². The molecule has 14 heavy (non-hydrogen) atoms. The van der Waals surface area contributed by atoms with Gasteiger partial charge in [0, 0.05) is 29.6 Å². The number of aromatic amines is 1. The summed E-state index contributed by atoms with van der Waals surface area (Å²) in [4.78, 5) is 3.23. The van der Waals surface area contributed by atoms with E-state index in [9.17, 15) is 5.11 Å². The fourth-order valence-corrected chi connectivity index (χ4v) is 1.88. The third kappa shape index (κ3) is 1.42. The highest BCUT2D eigenvalue weighted by molar-refractivity contribution is 5.83. The van der Waals surface area contributed by atoms with E-state index in [-0.39, 0.29) is 12.5 Å². The van der Waals surface area contributed by atoms with Crippen molar-refractivity contribution in [3.63, 3.8) is 0 Å². The Labute approximate surface area is 83.6 Å². The molecular formula is C12H15NO. The Kier molecular flexibility index (Phi) is 2.55. The Hall–Kier alpha value is -1.28. The maximum Gasteiger partial charge on any atom is 0.0500 e. The fourth-order valence-electron chi connectivity index (χ4n) is 1.88.